The topological polar surface area (TPSA) is 26.3 Å². The molecule has 0 rings (SSSR count). The van der Waals surface area contributed by atoms with E-state index in [-0.39, 0.29) is 5.97 Å². The highest BCUT2D eigenvalue weighted by molar-refractivity contribution is 7.76. The fourth-order valence-corrected chi connectivity index (χ4v) is 8.20. The fraction of sp³-hybridized carbons (Fsp3) is 0.957. The Morgan fingerprint density at radius 2 is 1.04 bits per heavy atom. The number of hydrogen-bond donors (Lipinski definition) is 0. The highest BCUT2D eigenvalue weighted by atomic mass is 31.2. The van der Waals surface area contributed by atoms with Gasteiger partial charge in [0.1, 0.15) is 0 Å². The van der Waals surface area contributed by atoms with Crippen LogP contribution in [0.2, 0.25) is 0 Å². The Balaban J connectivity index is 4.87. The van der Waals surface area contributed by atoms with Gasteiger partial charge in [0.15, 0.2) is 6.16 Å². The van der Waals surface area contributed by atoms with Crippen LogP contribution in [-0.2, 0) is 9.53 Å². The molecule has 0 N–H and O–H groups in total. The molecule has 26 heavy (non-hydrogen) atoms. The largest absolute Gasteiger partial charge is 0.463 e. The first kappa shape index (κ1) is 25.9. The summed E-state index contributed by atoms with van der Waals surface area (Å²) in [5, 5.41) is 0. The van der Waals surface area contributed by atoms with Crippen LogP contribution in [0.5, 0.6) is 0 Å². The molecule has 0 bridgehead atoms. The number of esters is 1. The van der Waals surface area contributed by atoms with Crippen LogP contribution in [0, 0.1) is 0 Å². The smallest absolute Gasteiger partial charge is 0.343 e. The zero-order valence-corrected chi connectivity index (χ0v) is 19.4. The summed E-state index contributed by atoms with van der Waals surface area (Å²) in [7, 11) is -1.19. The molecule has 0 radical (unpaired) electrons. The molecular weight excluding hydrogens is 339 g/mol. The van der Waals surface area contributed by atoms with Crippen LogP contribution < -0.4 is 0 Å². The van der Waals surface area contributed by atoms with E-state index in [0.29, 0.717) is 6.61 Å². The second kappa shape index (κ2) is 18.3. The van der Waals surface area contributed by atoms with E-state index in [4.69, 9.17) is 4.74 Å². The monoisotopic (exact) mass is 387 g/mol. The molecule has 3 heteroatoms. The molecule has 0 saturated carbocycles. The van der Waals surface area contributed by atoms with Gasteiger partial charge in [-0.15, -0.1) is 0 Å². The molecule has 0 amide bonds. The van der Waals surface area contributed by atoms with Crippen LogP contribution in [0.3, 0.4) is 0 Å². The van der Waals surface area contributed by atoms with Gasteiger partial charge in [0.2, 0.25) is 0 Å². The van der Waals surface area contributed by atoms with Gasteiger partial charge in [-0.25, -0.2) is 4.79 Å². The van der Waals surface area contributed by atoms with Crippen molar-refractivity contribution in [2.24, 2.45) is 0 Å². The molecular formula is C23H48O2P+. The minimum atomic E-state index is -1.19. The van der Waals surface area contributed by atoms with Crippen molar-refractivity contribution < 1.29 is 9.53 Å². The Bertz CT molecular complexity index is 286. The van der Waals surface area contributed by atoms with Gasteiger partial charge in [-0.05, 0) is 44.9 Å². The summed E-state index contributed by atoms with van der Waals surface area (Å²) in [6, 6.07) is 0. The zero-order chi connectivity index (χ0) is 19.5. The van der Waals surface area contributed by atoms with Crippen molar-refractivity contribution in [1.82, 2.24) is 0 Å². The Labute approximate surface area is 165 Å². The average Bonchev–Trinajstić information content (AvgIpc) is 2.64. The Morgan fingerprint density at radius 1 is 0.615 bits per heavy atom. The molecule has 0 aromatic carbocycles. The molecule has 156 valence electrons. The zero-order valence-electron chi connectivity index (χ0n) is 18.5. The van der Waals surface area contributed by atoms with Crippen molar-refractivity contribution in [3.8, 4) is 0 Å². The average molecular weight is 388 g/mol. The number of rotatable bonds is 19. The molecule has 0 spiro atoms. The highest BCUT2D eigenvalue weighted by Crippen LogP contribution is 2.60. The minimum Gasteiger partial charge on any atom is -0.463 e. The predicted octanol–water partition coefficient (Wildman–Crippen LogP) is 7.70. The lowest BCUT2D eigenvalue weighted by molar-refractivity contribution is -0.140. The lowest BCUT2D eigenvalue weighted by atomic mass is 10.2. The summed E-state index contributed by atoms with van der Waals surface area (Å²) >= 11 is 0. The van der Waals surface area contributed by atoms with Gasteiger partial charge in [0.25, 0.3) is 0 Å². The molecule has 0 atom stereocenters. The third-order valence-corrected chi connectivity index (χ3v) is 10.1. The van der Waals surface area contributed by atoms with Crippen molar-refractivity contribution in [2.75, 3.05) is 31.3 Å². The molecule has 0 fully saturated rings. The number of carbonyl (C=O) groups excluding carboxylic acids is 1. The van der Waals surface area contributed by atoms with Gasteiger partial charge in [0, 0.05) is 7.26 Å². The number of ether oxygens (including phenoxy) is 1. The second-order valence-corrected chi connectivity index (χ2v) is 12.4. The minimum absolute atomic E-state index is 0.0988. The lowest BCUT2D eigenvalue weighted by Gasteiger charge is -2.27. The molecule has 0 aromatic rings. The van der Waals surface area contributed by atoms with E-state index >= 15 is 0 Å². The predicted molar refractivity (Wildman–Crippen MR) is 120 cm³/mol. The number of unbranched alkanes of at least 4 members (excludes halogenated alkanes) is 9. The summed E-state index contributed by atoms with van der Waals surface area (Å²) in [6.45, 7) is 9.51. The summed E-state index contributed by atoms with van der Waals surface area (Å²) in [4.78, 5) is 12.5. The van der Waals surface area contributed by atoms with Gasteiger partial charge in [0.05, 0.1) is 25.1 Å². The maximum absolute atomic E-state index is 12.5. The maximum Gasteiger partial charge on any atom is 0.343 e. The summed E-state index contributed by atoms with van der Waals surface area (Å²) < 4.78 is 5.52. The van der Waals surface area contributed by atoms with E-state index in [1.54, 1.807) is 0 Å². The molecule has 0 heterocycles. The van der Waals surface area contributed by atoms with Gasteiger partial charge in [-0.1, -0.05) is 66.2 Å². The van der Waals surface area contributed by atoms with Crippen molar-refractivity contribution in [2.45, 2.75) is 111 Å². The quantitative estimate of drug-likeness (QED) is 0.129. The molecule has 2 nitrogen and oxygen atoms in total. The number of carbonyl (C=O) groups is 1. The van der Waals surface area contributed by atoms with E-state index < -0.39 is 7.26 Å². The standard InChI is InChI=1S/C23H48O2P/c1-5-9-12-15-19-26(20-16-13-10-6-2,21-17-14-11-7-3)22-23(24)25-18-8-4/h5-22H2,1-4H3/q+1. The van der Waals surface area contributed by atoms with E-state index in [2.05, 4.69) is 27.7 Å². The van der Waals surface area contributed by atoms with Crippen molar-refractivity contribution in [1.29, 1.82) is 0 Å². The van der Waals surface area contributed by atoms with Crippen molar-refractivity contribution >= 4 is 13.2 Å². The first-order chi connectivity index (χ1) is 12.6. The summed E-state index contributed by atoms with van der Waals surface area (Å²) in [6.07, 6.45) is 21.5. The SMILES string of the molecule is CCCCCC[P+](CCCCCC)(CCCCCC)CC(=O)OCCC. The first-order valence-corrected chi connectivity index (χ1v) is 14.2. The van der Waals surface area contributed by atoms with E-state index in [9.17, 15) is 4.79 Å². The fourth-order valence-electron chi connectivity index (χ4n) is 3.73. The Hall–Kier alpha value is -0.100. The Morgan fingerprint density at radius 3 is 1.38 bits per heavy atom. The van der Waals surface area contributed by atoms with Crippen molar-refractivity contribution in [3.63, 3.8) is 0 Å². The Kier molecular flexibility index (Phi) is 18.2. The third-order valence-electron chi connectivity index (χ3n) is 5.39. The van der Waals surface area contributed by atoms with Crippen LogP contribution >= 0.6 is 7.26 Å². The van der Waals surface area contributed by atoms with E-state index in [1.807, 2.05) is 0 Å². The van der Waals surface area contributed by atoms with Crippen LogP contribution in [0.1, 0.15) is 111 Å². The first-order valence-electron chi connectivity index (χ1n) is 11.6. The molecule has 0 aliphatic rings. The van der Waals surface area contributed by atoms with Crippen LogP contribution in [0.4, 0.5) is 0 Å². The number of hydrogen-bond acceptors (Lipinski definition) is 2. The molecule has 0 aromatic heterocycles. The van der Waals surface area contributed by atoms with Gasteiger partial charge >= 0.3 is 5.97 Å². The summed E-state index contributed by atoms with van der Waals surface area (Å²) in [5.41, 5.74) is 0. The van der Waals surface area contributed by atoms with Crippen LogP contribution in [0.25, 0.3) is 0 Å². The molecule has 0 saturated heterocycles. The van der Waals surface area contributed by atoms with Gasteiger partial charge < -0.3 is 4.74 Å². The van der Waals surface area contributed by atoms with E-state index in [1.165, 1.54) is 95.5 Å². The molecule has 0 aliphatic heterocycles. The molecule has 0 aliphatic carbocycles. The maximum atomic E-state index is 12.5. The van der Waals surface area contributed by atoms with E-state index in [0.717, 1.165) is 12.6 Å². The normalized spacial score (nSPS) is 11.7. The summed E-state index contributed by atoms with van der Waals surface area (Å²) in [5.74, 6) is 0.0988. The second-order valence-electron chi connectivity index (χ2n) is 8.07. The lowest BCUT2D eigenvalue weighted by Crippen LogP contribution is -2.21. The van der Waals surface area contributed by atoms with Gasteiger partial charge in [-0.3, -0.25) is 0 Å². The third kappa shape index (κ3) is 14.0. The van der Waals surface area contributed by atoms with Crippen LogP contribution in [0.15, 0.2) is 0 Å². The van der Waals surface area contributed by atoms with Crippen molar-refractivity contribution in [3.05, 3.63) is 0 Å². The van der Waals surface area contributed by atoms with Gasteiger partial charge in [-0.2, -0.15) is 0 Å². The molecule has 0 unspecified atom stereocenters. The van der Waals surface area contributed by atoms with Crippen LogP contribution in [-0.4, -0.2) is 37.2 Å². The highest BCUT2D eigenvalue weighted by Gasteiger charge is 2.38.